The molecule has 0 amide bonds. The van der Waals surface area contributed by atoms with E-state index < -0.39 is 10.0 Å². The molecule has 3 rings (SSSR count). The monoisotopic (exact) mass is 373 g/mol. The van der Waals surface area contributed by atoms with Crippen LogP contribution in [0.5, 0.6) is 5.75 Å². The number of aryl methyl sites for hydroxylation is 2. The highest BCUT2D eigenvalue weighted by molar-refractivity contribution is 7.92. The molecular formula is C17H19N5O3S. The zero-order chi connectivity index (χ0) is 18.6. The van der Waals surface area contributed by atoms with Gasteiger partial charge in [0.15, 0.2) is 5.82 Å². The Morgan fingerprint density at radius 2 is 1.88 bits per heavy atom. The molecule has 0 aliphatic rings. The van der Waals surface area contributed by atoms with Crippen LogP contribution in [0.15, 0.2) is 48.8 Å². The van der Waals surface area contributed by atoms with Gasteiger partial charge in [-0.3, -0.25) is 4.72 Å². The third-order valence-electron chi connectivity index (χ3n) is 3.50. The molecule has 0 unspecified atom stereocenters. The summed E-state index contributed by atoms with van der Waals surface area (Å²) in [4.78, 5) is 8.11. The Morgan fingerprint density at radius 1 is 1.12 bits per heavy atom. The molecule has 0 bridgehead atoms. The van der Waals surface area contributed by atoms with E-state index in [4.69, 9.17) is 4.74 Å². The number of nitrogens with zero attached hydrogens (tertiary/aromatic N) is 4. The maximum Gasteiger partial charge on any atom is 0.237 e. The summed E-state index contributed by atoms with van der Waals surface area (Å²) in [6.45, 7) is 3.81. The first-order valence-corrected chi connectivity index (χ1v) is 9.62. The fourth-order valence-electron chi connectivity index (χ4n) is 2.38. The second-order valence-electron chi connectivity index (χ2n) is 5.68. The largest absolute Gasteiger partial charge is 0.492 e. The van der Waals surface area contributed by atoms with E-state index in [9.17, 15) is 8.42 Å². The summed E-state index contributed by atoms with van der Waals surface area (Å²) in [5.74, 6) is 1.10. The molecule has 1 aromatic carbocycles. The van der Waals surface area contributed by atoms with Crippen LogP contribution >= 0.6 is 0 Å². The first-order chi connectivity index (χ1) is 12.4. The summed E-state index contributed by atoms with van der Waals surface area (Å²) in [6.07, 6.45) is 1.30. The predicted octanol–water partition coefficient (Wildman–Crippen LogP) is 2.10. The van der Waals surface area contributed by atoms with Gasteiger partial charge in [-0.1, -0.05) is 18.2 Å². The molecule has 0 atom stereocenters. The van der Waals surface area contributed by atoms with Crippen LogP contribution in [0, 0.1) is 13.8 Å². The summed E-state index contributed by atoms with van der Waals surface area (Å²) < 4.78 is 34.0. The van der Waals surface area contributed by atoms with Crippen molar-refractivity contribution in [3.05, 3.63) is 60.2 Å². The number of sulfonamides is 1. The molecule has 9 heteroatoms. The molecule has 8 nitrogen and oxygen atoms in total. The van der Waals surface area contributed by atoms with Crippen LogP contribution in [0.2, 0.25) is 0 Å². The van der Waals surface area contributed by atoms with Crippen molar-refractivity contribution in [3.63, 3.8) is 0 Å². The number of anilines is 1. The van der Waals surface area contributed by atoms with Gasteiger partial charge in [-0.05, 0) is 32.0 Å². The zero-order valence-corrected chi connectivity index (χ0v) is 15.3. The predicted molar refractivity (Wildman–Crippen MR) is 98.0 cm³/mol. The van der Waals surface area contributed by atoms with Gasteiger partial charge < -0.3 is 4.74 Å². The molecule has 26 heavy (non-hydrogen) atoms. The summed E-state index contributed by atoms with van der Waals surface area (Å²) in [5, 5.41) is 4.33. The van der Waals surface area contributed by atoms with Crippen molar-refractivity contribution in [2.24, 2.45) is 0 Å². The van der Waals surface area contributed by atoms with Crippen molar-refractivity contribution in [1.29, 1.82) is 0 Å². The Bertz CT molecular complexity index is 987. The van der Waals surface area contributed by atoms with E-state index in [2.05, 4.69) is 19.8 Å². The van der Waals surface area contributed by atoms with E-state index in [-0.39, 0.29) is 18.2 Å². The van der Waals surface area contributed by atoms with Gasteiger partial charge >= 0.3 is 0 Å². The maximum atomic E-state index is 12.2. The quantitative estimate of drug-likeness (QED) is 0.681. The van der Waals surface area contributed by atoms with Gasteiger partial charge in [0.25, 0.3) is 0 Å². The minimum atomic E-state index is -3.60. The molecule has 0 spiro atoms. The lowest BCUT2D eigenvalue weighted by molar-refractivity contribution is 0.341. The van der Waals surface area contributed by atoms with Gasteiger partial charge in [0.1, 0.15) is 30.3 Å². The molecule has 136 valence electrons. The van der Waals surface area contributed by atoms with Crippen molar-refractivity contribution in [1.82, 2.24) is 19.7 Å². The molecule has 0 saturated carbocycles. The maximum absolute atomic E-state index is 12.2. The molecular weight excluding hydrogens is 354 g/mol. The highest BCUT2D eigenvalue weighted by Gasteiger charge is 2.13. The number of hydrogen-bond donors (Lipinski definition) is 1. The van der Waals surface area contributed by atoms with Crippen LogP contribution in [0.4, 0.5) is 5.82 Å². The van der Waals surface area contributed by atoms with E-state index in [1.54, 1.807) is 16.8 Å². The van der Waals surface area contributed by atoms with Crippen molar-refractivity contribution in [2.45, 2.75) is 13.8 Å². The fourth-order valence-corrected chi connectivity index (χ4v) is 3.21. The van der Waals surface area contributed by atoms with Gasteiger partial charge in [-0.15, -0.1) is 0 Å². The van der Waals surface area contributed by atoms with Crippen molar-refractivity contribution in [3.8, 4) is 11.6 Å². The molecule has 2 aromatic heterocycles. The Balaban J connectivity index is 1.66. The average molecular weight is 373 g/mol. The summed E-state index contributed by atoms with van der Waals surface area (Å²) in [7, 11) is -3.60. The highest BCUT2D eigenvalue weighted by atomic mass is 32.2. The topological polar surface area (TPSA) is 99.0 Å². The Hall–Kier alpha value is -2.94. The summed E-state index contributed by atoms with van der Waals surface area (Å²) in [6, 6.07) is 12.5. The van der Waals surface area contributed by atoms with Gasteiger partial charge in [0.2, 0.25) is 10.0 Å². The third-order valence-corrected chi connectivity index (χ3v) is 4.73. The smallest absolute Gasteiger partial charge is 0.237 e. The first-order valence-electron chi connectivity index (χ1n) is 7.97. The average Bonchev–Trinajstić information content (AvgIpc) is 2.94. The van der Waals surface area contributed by atoms with E-state index in [0.29, 0.717) is 11.6 Å². The lowest BCUT2D eigenvalue weighted by atomic mass is 10.3. The Morgan fingerprint density at radius 3 is 2.58 bits per heavy atom. The SMILES string of the molecule is Cc1cc(C)n(-c2cc(NS(=O)(=O)CCOc3ccccc3)ncn2)n1. The number of ether oxygens (including phenoxy) is 1. The van der Waals surface area contributed by atoms with Crippen LogP contribution in [-0.4, -0.2) is 40.5 Å². The second-order valence-corrected chi connectivity index (χ2v) is 7.52. The molecule has 0 radical (unpaired) electrons. The molecule has 1 N–H and O–H groups in total. The van der Waals surface area contributed by atoms with Crippen LogP contribution in [0.25, 0.3) is 5.82 Å². The second kappa shape index (κ2) is 7.52. The minimum Gasteiger partial charge on any atom is -0.492 e. The van der Waals surface area contributed by atoms with Crippen LogP contribution in [-0.2, 0) is 10.0 Å². The minimum absolute atomic E-state index is 0.0365. The Kier molecular flexibility index (Phi) is 5.17. The number of hydrogen-bond acceptors (Lipinski definition) is 6. The van der Waals surface area contributed by atoms with Crippen molar-refractivity contribution < 1.29 is 13.2 Å². The lowest BCUT2D eigenvalue weighted by Gasteiger charge is -2.10. The summed E-state index contributed by atoms with van der Waals surface area (Å²) in [5.41, 5.74) is 1.74. The van der Waals surface area contributed by atoms with Crippen LogP contribution < -0.4 is 9.46 Å². The fraction of sp³-hybridized carbons (Fsp3) is 0.235. The molecule has 3 aromatic rings. The first kappa shape index (κ1) is 17.9. The van der Waals surface area contributed by atoms with Gasteiger partial charge in [-0.2, -0.15) is 5.10 Å². The molecule has 0 aliphatic heterocycles. The molecule has 0 saturated heterocycles. The molecule has 0 fully saturated rings. The number of para-hydroxylation sites is 1. The van der Waals surface area contributed by atoms with E-state index in [1.807, 2.05) is 38.1 Å². The molecule has 2 heterocycles. The van der Waals surface area contributed by atoms with E-state index in [1.165, 1.54) is 12.4 Å². The number of nitrogens with one attached hydrogen (secondary N) is 1. The number of rotatable bonds is 7. The number of benzene rings is 1. The third kappa shape index (κ3) is 4.57. The standard InChI is InChI=1S/C17H19N5O3S/c1-13-10-14(2)22(20-13)17-11-16(18-12-19-17)21-26(23,24)9-8-25-15-6-4-3-5-7-15/h3-7,10-12H,8-9H2,1-2H3,(H,18,19,21). The number of aromatic nitrogens is 4. The van der Waals surface area contributed by atoms with E-state index >= 15 is 0 Å². The van der Waals surface area contributed by atoms with Crippen LogP contribution in [0.3, 0.4) is 0 Å². The van der Waals surface area contributed by atoms with Gasteiger partial charge in [-0.25, -0.2) is 23.1 Å². The normalized spacial score (nSPS) is 11.3. The zero-order valence-electron chi connectivity index (χ0n) is 14.5. The molecule has 0 aliphatic carbocycles. The Labute approximate surface area is 151 Å². The summed E-state index contributed by atoms with van der Waals surface area (Å²) >= 11 is 0. The van der Waals surface area contributed by atoms with Crippen molar-refractivity contribution >= 4 is 15.8 Å². The van der Waals surface area contributed by atoms with Gasteiger partial charge in [0.05, 0.1) is 5.69 Å². The highest BCUT2D eigenvalue weighted by Crippen LogP contribution is 2.14. The van der Waals surface area contributed by atoms with Crippen LogP contribution in [0.1, 0.15) is 11.4 Å². The lowest BCUT2D eigenvalue weighted by Crippen LogP contribution is -2.22. The van der Waals surface area contributed by atoms with Gasteiger partial charge in [0, 0.05) is 11.8 Å². The van der Waals surface area contributed by atoms with E-state index in [0.717, 1.165) is 11.4 Å². The van der Waals surface area contributed by atoms with Crippen molar-refractivity contribution in [2.75, 3.05) is 17.1 Å².